The number of allylic oxidation sites excluding steroid dienone is 2. The van der Waals surface area contributed by atoms with Crippen molar-refractivity contribution in [3.05, 3.63) is 11.6 Å². The summed E-state index contributed by atoms with van der Waals surface area (Å²) in [4.78, 5) is 15.2. The van der Waals surface area contributed by atoms with Crippen LogP contribution in [0.2, 0.25) is 0 Å². The third kappa shape index (κ3) is 9.10. The van der Waals surface area contributed by atoms with Crippen LogP contribution in [0.5, 0.6) is 0 Å². The molecule has 0 aromatic rings. The summed E-state index contributed by atoms with van der Waals surface area (Å²) in [6.07, 6.45) is -20.7. The summed E-state index contributed by atoms with van der Waals surface area (Å²) in [5.74, 6) is -0.909. The van der Waals surface area contributed by atoms with Gasteiger partial charge < -0.3 is 99.2 Å². The number of aliphatic hydroxyl groups excluding tert-OH is 12. The Morgan fingerprint density at radius 1 is 0.630 bits per heavy atom. The van der Waals surface area contributed by atoms with E-state index in [0.717, 1.165) is 24.8 Å². The van der Waals surface area contributed by atoms with E-state index in [1.165, 1.54) is 6.92 Å². The van der Waals surface area contributed by atoms with E-state index in [0.29, 0.717) is 32.1 Å². The zero-order valence-corrected chi connectivity index (χ0v) is 43.4. The second-order valence-electron chi connectivity index (χ2n) is 25.5. The summed E-state index contributed by atoms with van der Waals surface area (Å²) >= 11 is 0. The molecule has 0 aromatic carbocycles. The van der Waals surface area contributed by atoms with Crippen LogP contribution in [0, 0.1) is 50.2 Å². The first-order chi connectivity index (χ1) is 34.0. The lowest BCUT2D eigenvalue weighted by molar-refractivity contribution is -0.350. The highest BCUT2D eigenvalue weighted by atomic mass is 16.8. The lowest BCUT2D eigenvalue weighted by Gasteiger charge is -2.71. The molecule has 4 aliphatic heterocycles. The summed E-state index contributed by atoms with van der Waals surface area (Å²) in [5.41, 5.74) is -2.12. The van der Waals surface area contributed by atoms with Crippen LogP contribution in [-0.4, -0.2) is 210 Å². The molecule has 4 saturated heterocycles. The maximum absolute atomic E-state index is 15.2. The highest BCUT2D eigenvalue weighted by Gasteiger charge is 2.72. The zero-order chi connectivity index (χ0) is 53.3. The molecule has 9 rings (SSSR count). The van der Waals surface area contributed by atoms with Crippen LogP contribution in [-0.2, 0) is 42.7 Å². The number of carbonyl (C=O) groups excluding carboxylic acids is 1. The molecule has 418 valence electrons. The number of rotatable bonds is 9. The van der Waals surface area contributed by atoms with Crippen LogP contribution in [0.4, 0.5) is 0 Å². The van der Waals surface area contributed by atoms with Gasteiger partial charge in [-0.3, -0.25) is 4.79 Å². The molecule has 4 heterocycles. The molecule has 8 fully saturated rings. The molecule has 0 radical (unpaired) electrons. The summed E-state index contributed by atoms with van der Waals surface area (Å²) in [7, 11) is 0. The first-order valence-corrected chi connectivity index (χ1v) is 26.6. The van der Waals surface area contributed by atoms with E-state index in [1.54, 1.807) is 0 Å². The predicted molar refractivity (Wildman–Crippen MR) is 251 cm³/mol. The molecule has 9 aliphatic rings. The molecule has 27 atom stereocenters. The van der Waals surface area contributed by atoms with Crippen molar-refractivity contribution in [1.82, 2.24) is 0 Å². The molecule has 4 saturated carbocycles. The number of aliphatic hydroxyl groups is 12. The summed E-state index contributed by atoms with van der Waals surface area (Å²) < 4.78 is 47.4. The Bertz CT molecular complexity index is 2020. The molecule has 12 N–H and O–H groups in total. The average Bonchev–Trinajstić information content (AvgIpc) is 3.32. The van der Waals surface area contributed by atoms with Crippen molar-refractivity contribution in [1.29, 1.82) is 0 Å². The van der Waals surface area contributed by atoms with Gasteiger partial charge in [0, 0.05) is 0 Å². The third-order valence-electron chi connectivity index (χ3n) is 20.6. The van der Waals surface area contributed by atoms with Crippen molar-refractivity contribution in [2.24, 2.45) is 50.2 Å². The molecular weight excluding hydrogens is 961 g/mol. The van der Waals surface area contributed by atoms with Gasteiger partial charge in [0.1, 0.15) is 78.7 Å². The Labute approximate surface area is 426 Å². The molecule has 0 amide bonds. The molecule has 0 bridgehead atoms. The second-order valence-corrected chi connectivity index (χ2v) is 25.5. The van der Waals surface area contributed by atoms with Crippen molar-refractivity contribution < 1.29 is 104 Å². The summed E-state index contributed by atoms with van der Waals surface area (Å²) in [5, 5.41) is 130. The van der Waals surface area contributed by atoms with Crippen LogP contribution >= 0.6 is 0 Å². The fourth-order valence-electron chi connectivity index (χ4n) is 15.9. The number of hydrogen-bond acceptors (Lipinski definition) is 21. The van der Waals surface area contributed by atoms with Crippen LogP contribution in [0.3, 0.4) is 0 Å². The number of hydrogen-bond donors (Lipinski definition) is 12. The standard InChI is InChI=1S/C52H84O21/c1-22-32(56)36(60)39(63)43(69-22)72-41-34(58)26(54)20-67-45(41)73-46(65)52-16-15-47(2,3)17-24(52)23-9-10-29-49(6)13-12-31(48(4,5)28(49)11-14-50(29,7)51(23,8)18-30(52)55)71-44-40(64)37(61)35(59)27(70-44)21-68-42-38(62)33(57)25(53)19-66-42/h9,22,24-45,53-64H,10-21H2,1-8H3. The maximum atomic E-state index is 15.2. The van der Waals surface area contributed by atoms with E-state index in [1.807, 2.05) is 0 Å². The first-order valence-electron chi connectivity index (χ1n) is 26.6. The lowest BCUT2D eigenvalue weighted by atomic mass is 9.33. The smallest absolute Gasteiger partial charge is 0.317 e. The van der Waals surface area contributed by atoms with Gasteiger partial charge in [-0.05, 0) is 110 Å². The van der Waals surface area contributed by atoms with Gasteiger partial charge in [0.2, 0.25) is 6.29 Å². The fourth-order valence-corrected chi connectivity index (χ4v) is 15.9. The Hall–Kier alpha value is -1.55. The van der Waals surface area contributed by atoms with Gasteiger partial charge in [0.25, 0.3) is 0 Å². The molecule has 21 heteroatoms. The van der Waals surface area contributed by atoms with Gasteiger partial charge in [0.05, 0.1) is 38.1 Å². The Morgan fingerprint density at radius 2 is 1.25 bits per heavy atom. The van der Waals surface area contributed by atoms with Crippen molar-refractivity contribution in [3.63, 3.8) is 0 Å². The Morgan fingerprint density at radius 3 is 1.93 bits per heavy atom. The van der Waals surface area contributed by atoms with Gasteiger partial charge >= 0.3 is 5.97 Å². The minimum atomic E-state index is -1.75. The highest BCUT2D eigenvalue weighted by Crippen LogP contribution is 2.76. The highest BCUT2D eigenvalue weighted by molar-refractivity contribution is 5.80. The van der Waals surface area contributed by atoms with Crippen molar-refractivity contribution in [2.75, 3.05) is 19.8 Å². The van der Waals surface area contributed by atoms with Gasteiger partial charge in [-0.2, -0.15) is 0 Å². The van der Waals surface area contributed by atoms with E-state index in [2.05, 4.69) is 54.5 Å². The van der Waals surface area contributed by atoms with E-state index in [-0.39, 0.29) is 41.1 Å². The van der Waals surface area contributed by atoms with Crippen molar-refractivity contribution >= 4 is 5.97 Å². The topological polar surface area (TPSA) is 334 Å². The largest absolute Gasteiger partial charge is 0.432 e. The Kier molecular flexibility index (Phi) is 15.4. The number of carbonyl (C=O) groups is 1. The van der Waals surface area contributed by atoms with Crippen LogP contribution in [0.15, 0.2) is 11.6 Å². The quantitative estimate of drug-likeness (QED) is 0.0767. The summed E-state index contributed by atoms with van der Waals surface area (Å²) in [6, 6.07) is 0. The minimum Gasteiger partial charge on any atom is -0.432 e. The predicted octanol–water partition coefficient (Wildman–Crippen LogP) is -0.759. The van der Waals surface area contributed by atoms with Crippen molar-refractivity contribution in [2.45, 2.75) is 236 Å². The Balaban J connectivity index is 0.938. The minimum absolute atomic E-state index is 0.116. The number of ether oxygens (including phenoxy) is 8. The molecule has 0 aromatic heterocycles. The van der Waals surface area contributed by atoms with Crippen LogP contribution < -0.4 is 0 Å². The molecule has 5 aliphatic carbocycles. The van der Waals surface area contributed by atoms with E-state index >= 15 is 4.79 Å². The molecule has 0 spiro atoms. The van der Waals surface area contributed by atoms with Gasteiger partial charge in [-0.15, -0.1) is 0 Å². The molecule has 73 heavy (non-hydrogen) atoms. The van der Waals surface area contributed by atoms with Gasteiger partial charge in [0.15, 0.2) is 25.0 Å². The lowest BCUT2D eigenvalue weighted by Crippen LogP contribution is -2.68. The third-order valence-corrected chi connectivity index (χ3v) is 20.6. The maximum Gasteiger partial charge on any atom is 0.317 e. The van der Waals surface area contributed by atoms with E-state index in [9.17, 15) is 61.3 Å². The molecular formula is C52H84O21. The van der Waals surface area contributed by atoms with Crippen LogP contribution in [0.25, 0.3) is 0 Å². The average molecular weight is 1050 g/mol. The molecule has 21 nitrogen and oxygen atoms in total. The SMILES string of the molecule is CC1OC(OC2C(OC(=O)C34CCC(C)(C)CC3C3=CCC5C6(C)CCC(OC7OC(COC8OCC(O)C(O)C8O)C(O)C(O)C7O)C(C)(C)C6CCC5(C)C3(C)CC4O)OCC(O)C2O)C(O)C(O)C1O. The van der Waals surface area contributed by atoms with Gasteiger partial charge in [-0.1, -0.05) is 60.1 Å². The zero-order valence-electron chi connectivity index (χ0n) is 43.4. The van der Waals surface area contributed by atoms with Crippen molar-refractivity contribution in [3.8, 4) is 0 Å². The normalized spacial score (nSPS) is 54.7. The van der Waals surface area contributed by atoms with Gasteiger partial charge in [-0.25, -0.2) is 0 Å². The number of esters is 1. The van der Waals surface area contributed by atoms with E-state index < -0.39 is 164 Å². The fraction of sp³-hybridized carbons (Fsp3) is 0.942. The van der Waals surface area contributed by atoms with Crippen LogP contribution in [0.1, 0.15) is 113 Å². The number of fused-ring (bicyclic) bond motifs is 7. The summed E-state index contributed by atoms with van der Waals surface area (Å²) in [6.45, 7) is 16.0. The monoisotopic (exact) mass is 1040 g/mol. The van der Waals surface area contributed by atoms with E-state index in [4.69, 9.17) is 37.9 Å². The molecule has 27 unspecified atom stereocenters. The first kappa shape index (κ1) is 56.2. The second kappa shape index (κ2) is 20.0.